The summed E-state index contributed by atoms with van der Waals surface area (Å²) in [4.78, 5) is 24.4. The zero-order chi connectivity index (χ0) is 25.0. The number of hydrogen-bond acceptors (Lipinski definition) is 6. The molecule has 0 atom stereocenters. The number of aliphatic hydroxyl groups is 1. The lowest BCUT2D eigenvalue weighted by Gasteiger charge is -2.09. The highest BCUT2D eigenvalue weighted by Gasteiger charge is 2.27. The Hall–Kier alpha value is -4.06. The molecule has 4 aromatic rings. The number of fused-ring (bicyclic) bond motifs is 1. The number of alkyl halides is 3. The molecule has 0 aliphatic rings. The van der Waals surface area contributed by atoms with Crippen molar-refractivity contribution in [3.05, 3.63) is 60.8 Å². The lowest BCUT2D eigenvalue weighted by Crippen LogP contribution is -2.16. The Labute approximate surface area is 196 Å². The van der Waals surface area contributed by atoms with Crippen LogP contribution in [0, 0.1) is 5.82 Å². The summed E-state index contributed by atoms with van der Waals surface area (Å²) in [6, 6.07) is 10.1. The van der Waals surface area contributed by atoms with Crippen LogP contribution in [0.4, 0.5) is 29.1 Å². The highest BCUT2D eigenvalue weighted by Crippen LogP contribution is 2.27. The van der Waals surface area contributed by atoms with Gasteiger partial charge in [-0.1, -0.05) is 12.1 Å². The molecule has 0 fully saturated rings. The number of hydrogen-bond donors (Lipinski definition) is 3. The third kappa shape index (κ3) is 5.90. The number of rotatable bonds is 8. The van der Waals surface area contributed by atoms with E-state index in [1.54, 1.807) is 53.2 Å². The number of imidazole rings is 1. The molecular weight excluding hydrogens is 468 g/mol. The van der Waals surface area contributed by atoms with Crippen molar-refractivity contribution in [1.29, 1.82) is 0 Å². The van der Waals surface area contributed by atoms with Crippen LogP contribution in [0.25, 0.3) is 28.3 Å². The lowest BCUT2D eigenvalue weighted by molar-refractivity contribution is -0.142. The van der Waals surface area contributed by atoms with Crippen molar-refractivity contribution in [3.63, 3.8) is 0 Å². The molecule has 1 aromatic carbocycles. The maximum atomic E-state index is 13.9. The number of anilines is 2. The van der Waals surface area contributed by atoms with Crippen molar-refractivity contribution in [2.24, 2.45) is 0 Å². The molecule has 0 bridgehead atoms. The number of carbonyl (C=O) groups excluding carboxylic acids is 1. The summed E-state index contributed by atoms with van der Waals surface area (Å²) in [5.41, 5.74) is 2.88. The van der Waals surface area contributed by atoms with Gasteiger partial charge < -0.3 is 15.7 Å². The van der Waals surface area contributed by atoms with Crippen LogP contribution in [-0.2, 0) is 4.79 Å². The molecule has 3 heterocycles. The minimum Gasteiger partial charge on any atom is -0.395 e. The second kappa shape index (κ2) is 10.1. The first-order valence-corrected chi connectivity index (χ1v) is 10.6. The van der Waals surface area contributed by atoms with E-state index in [1.165, 1.54) is 0 Å². The molecule has 182 valence electrons. The van der Waals surface area contributed by atoms with Gasteiger partial charge in [-0.15, -0.1) is 0 Å². The van der Waals surface area contributed by atoms with E-state index in [0.29, 0.717) is 28.2 Å². The van der Waals surface area contributed by atoms with Gasteiger partial charge in [-0.3, -0.25) is 9.20 Å². The molecule has 0 saturated heterocycles. The Morgan fingerprint density at radius 1 is 1.09 bits per heavy atom. The maximum Gasteiger partial charge on any atom is 0.389 e. The van der Waals surface area contributed by atoms with Gasteiger partial charge in [0.05, 0.1) is 31.1 Å². The number of benzene rings is 1. The summed E-state index contributed by atoms with van der Waals surface area (Å²) in [6.45, 7) is -0.0438. The van der Waals surface area contributed by atoms with Crippen molar-refractivity contribution in [2.75, 3.05) is 23.8 Å². The molecule has 3 N–H and O–H groups in total. The Bertz CT molecular complexity index is 1360. The summed E-state index contributed by atoms with van der Waals surface area (Å²) in [7, 11) is 0. The molecule has 0 radical (unpaired) electrons. The molecule has 0 unspecified atom stereocenters. The average molecular weight is 488 g/mol. The van der Waals surface area contributed by atoms with Crippen molar-refractivity contribution >= 4 is 23.1 Å². The van der Waals surface area contributed by atoms with E-state index in [2.05, 4.69) is 25.6 Å². The van der Waals surface area contributed by atoms with E-state index in [1.807, 2.05) is 0 Å². The number of nitrogens with zero attached hydrogens (tertiary/aromatic N) is 4. The molecule has 35 heavy (non-hydrogen) atoms. The van der Waals surface area contributed by atoms with Gasteiger partial charge in [0.25, 0.3) is 0 Å². The molecule has 12 heteroatoms. The summed E-state index contributed by atoms with van der Waals surface area (Å²) in [5, 5.41) is 14.1. The fourth-order valence-electron chi connectivity index (χ4n) is 3.37. The fourth-order valence-corrected chi connectivity index (χ4v) is 3.37. The zero-order valence-electron chi connectivity index (χ0n) is 18.2. The van der Waals surface area contributed by atoms with Crippen molar-refractivity contribution in [1.82, 2.24) is 19.4 Å². The quantitative estimate of drug-likeness (QED) is 0.320. The first-order chi connectivity index (χ1) is 16.7. The maximum absolute atomic E-state index is 13.9. The third-order valence-electron chi connectivity index (χ3n) is 5.00. The second-order valence-electron chi connectivity index (χ2n) is 7.57. The first kappa shape index (κ1) is 24.1. The predicted octanol–water partition coefficient (Wildman–Crippen LogP) is 4.28. The van der Waals surface area contributed by atoms with E-state index in [4.69, 9.17) is 5.11 Å². The minimum atomic E-state index is -4.40. The van der Waals surface area contributed by atoms with Crippen LogP contribution in [0.15, 0.2) is 55.0 Å². The van der Waals surface area contributed by atoms with Gasteiger partial charge in [0, 0.05) is 36.0 Å². The van der Waals surface area contributed by atoms with E-state index < -0.39 is 30.7 Å². The molecule has 0 saturated carbocycles. The molecule has 0 aliphatic carbocycles. The molecule has 3 aromatic heterocycles. The van der Waals surface area contributed by atoms with Crippen LogP contribution in [0.2, 0.25) is 0 Å². The fraction of sp³-hybridized carbons (Fsp3) is 0.217. The van der Waals surface area contributed by atoms with Gasteiger partial charge in [0.2, 0.25) is 5.91 Å². The van der Waals surface area contributed by atoms with Crippen molar-refractivity contribution in [2.45, 2.75) is 19.0 Å². The number of aromatic nitrogens is 4. The first-order valence-electron chi connectivity index (χ1n) is 10.6. The van der Waals surface area contributed by atoms with Crippen molar-refractivity contribution < 1.29 is 27.5 Å². The molecule has 1 amide bonds. The van der Waals surface area contributed by atoms with Crippen LogP contribution >= 0.6 is 0 Å². The van der Waals surface area contributed by atoms with Crippen LogP contribution in [0.5, 0.6) is 0 Å². The molecule has 8 nitrogen and oxygen atoms in total. The molecule has 0 aliphatic heterocycles. The Morgan fingerprint density at radius 2 is 1.91 bits per heavy atom. The smallest absolute Gasteiger partial charge is 0.389 e. The Kier molecular flexibility index (Phi) is 6.92. The van der Waals surface area contributed by atoms with Gasteiger partial charge >= 0.3 is 6.18 Å². The van der Waals surface area contributed by atoms with E-state index in [-0.39, 0.29) is 24.8 Å². The van der Waals surface area contributed by atoms with E-state index in [0.717, 1.165) is 6.20 Å². The Morgan fingerprint density at radius 3 is 2.69 bits per heavy atom. The number of halogens is 4. The van der Waals surface area contributed by atoms with Gasteiger partial charge in [-0.2, -0.15) is 13.2 Å². The highest BCUT2D eigenvalue weighted by atomic mass is 19.4. The zero-order valence-corrected chi connectivity index (χ0v) is 18.2. The largest absolute Gasteiger partial charge is 0.395 e. The lowest BCUT2D eigenvalue weighted by atomic mass is 10.1. The SMILES string of the molecule is O=C(CCC(F)(F)F)Nc1cccc(-c2cnc3cc(-c4ncc(F)c(NCCO)n4)ccn23)c1. The van der Waals surface area contributed by atoms with Gasteiger partial charge in [0.15, 0.2) is 17.5 Å². The monoisotopic (exact) mass is 488 g/mol. The highest BCUT2D eigenvalue weighted by molar-refractivity contribution is 5.91. The summed E-state index contributed by atoms with van der Waals surface area (Å²) >= 11 is 0. The topological polar surface area (TPSA) is 104 Å². The average Bonchev–Trinajstić information content (AvgIpc) is 3.25. The van der Waals surface area contributed by atoms with E-state index >= 15 is 0 Å². The number of aliphatic hydroxyl groups excluding tert-OH is 1. The van der Waals surface area contributed by atoms with Crippen LogP contribution in [0.3, 0.4) is 0 Å². The number of carbonyl (C=O) groups is 1. The summed E-state index contributed by atoms with van der Waals surface area (Å²) < 4.78 is 52.7. The Balaban J connectivity index is 1.56. The minimum absolute atomic E-state index is 0.0259. The van der Waals surface area contributed by atoms with Gasteiger partial charge in [-0.05, 0) is 24.3 Å². The molecular formula is C23H20F4N6O2. The normalized spacial score (nSPS) is 11.6. The molecule has 0 spiro atoms. The van der Waals surface area contributed by atoms with Crippen LogP contribution in [-0.4, -0.2) is 49.7 Å². The standard InChI is InChI=1S/C23H20F4N6O2/c24-17-12-30-21(32-22(17)28-7-9-34)15-5-8-33-18(13-29-19(33)11-15)14-2-1-3-16(10-14)31-20(35)4-6-23(25,26)27/h1-3,5,8,10-13,34H,4,6-7,9H2,(H,31,35)(H,28,30,32). The van der Waals surface area contributed by atoms with Gasteiger partial charge in [0.1, 0.15) is 5.65 Å². The summed E-state index contributed by atoms with van der Waals surface area (Å²) in [5.74, 6) is -1.13. The second-order valence-corrected chi connectivity index (χ2v) is 7.57. The number of amides is 1. The molecule has 4 rings (SSSR count). The van der Waals surface area contributed by atoms with Crippen LogP contribution < -0.4 is 10.6 Å². The van der Waals surface area contributed by atoms with E-state index in [9.17, 15) is 22.4 Å². The number of nitrogens with one attached hydrogen (secondary N) is 2. The van der Waals surface area contributed by atoms with Crippen LogP contribution in [0.1, 0.15) is 12.8 Å². The third-order valence-corrected chi connectivity index (χ3v) is 5.00. The summed E-state index contributed by atoms with van der Waals surface area (Å²) in [6.07, 6.45) is -1.86. The number of pyridine rings is 1. The predicted molar refractivity (Wildman–Crippen MR) is 121 cm³/mol. The van der Waals surface area contributed by atoms with Crippen molar-refractivity contribution in [3.8, 4) is 22.6 Å². The van der Waals surface area contributed by atoms with Gasteiger partial charge in [-0.25, -0.2) is 19.3 Å².